The molecule has 2 aromatic rings. The lowest BCUT2D eigenvalue weighted by atomic mass is 10.1. The Morgan fingerprint density at radius 2 is 2.12 bits per heavy atom. The fourth-order valence-electron chi connectivity index (χ4n) is 4.59. The smallest absolute Gasteiger partial charge is 0.343 e. The minimum Gasteiger partial charge on any atom is -0.490 e. The van der Waals surface area contributed by atoms with E-state index < -0.39 is 5.97 Å². The van der Waals surface area contributed by atoms with E-state index >= 15 is 0 Å². The van der Waals surface area contributed by atoms with Crippen molar-refractivity contribution in [2.45, 2.75) is 51.8 Å². The molecule has 1 unspecified atom stereocenters. The number of halogens is 1. The van der Waals surface area contributed by atoms with Crippen LogP contribution in [0.25, 0.3) is 0 Å². The Labute approximate surface area is 198 Å². The molecule has 0 saturated carbocycles. The van der Waals surface area contributed by atoms with E-state index in [4.69, 9.17) is 25.8 Å². The summed E-state index contributed by atoms with van der Waals surface area (Å²) >= 11 is 6.42. The average molecular weight is 479 g/mol. The van der Waals surface area contributed by atoms with E-state index in [2.05, 4.69) is 10.00 Å². The minimum absolute atomic E-state index is 0.0335. The first-order chi connectivity index (χ1) is 15.9. The fourth-order valence-corrected chi connectivity index (χ4v) is 4.82. The largest absolute Gasteiger partial charge is 0.490 e. The van der Waals surface area contributed by atoms with E-state index in [9.17, 15) is 9.59 Å². The molecule has 2 aromatic heterocycles. The lowest BCUT2D eigenvalue weighted by Gasteiger charge is -2.24. The summed E-state index contributed by atoms with van der Waals surface area (Å²) in [6.45, 7) is 5.34. The first-order valence-electron chi connectivity index (χ1n) is 11.4. The number of rotatable bonds is 6. The van der Waals surface area contributed by atoms with Crippen LogP contribution in [-0.2, 0) is 36.0 Å². The maximum atomic E-state index is 13.0. The predicted octanol–water partition coefficient (Wildman–Crippen LogP) is 2.34. The summed E-state index contributed by atoms with van der Waals surface area (Å²) in [5.41, 5.74) is 2.64. The first-order valence-corrected chi connectivity index (χ1v) is 11.8. The zero-order valence-electron chi connectivity index (χ0n) is 19.4. The zero-order valence-corrected chi connectivity index (χ0v) is 20.2. The fraction of sp³-hybridized carbons (Fsp3) is 0.609. The maximum absolute atomic E-state index is 13.0. The first kappa shape index (κ1) is 23.8. The van der Waals surface area contributed by atoms with Crippen molar-refractivity contribution < 1.29 is 19.0 Å². The molecule has 0 bridgehead atoms. The number of esters is 1. The number of fused-ring (bicyclic) bond motifs is 1. The van der Waals surface area contributed by atoms with Gasteiger partial charge in [0.25, 0.3) is 5.56 Å². The number of ether oxygens (including phenoxy) is 3. The molecular formula is C23H31ClN4O5. The van der Waals surface area contributed by atoms with Gasteiger partial charge >= 0.3 is 5.97 Å². The molecule has 0 aromatic carbocycles. The molecule has 9 nitrogen and oxygen atoms in total. The van der Waals surface area contributed by atoms with Crippen LogP contribution < -0.4 is 10.3 Å². The van der Waals surface area contributed by atoms with Crippen LogP contribution in [0.1, 0.15) is 46.6 Å². The lowest BCUT2D eigenvalue weighted by molar-refractivity contribution is -0.0114. The van der Waals surface area contributed by atoms with Gasteiger partial charge in [0.2, 0.25) is 0 Å². The standard InChI is InChI=1S/C23H31ClN4O5/c1-15-17(22(24)26(2)25-15)13-27-8-7-18-21(23(30)31-3)19(12-20(29)28(18)10-9-27)33-14-16-6-4-5-11-32-16/h12,16H,4-11,13-14H2,1-3H3. The van der Waals surface area contributed by atoms with Gasteiger partial charge in [-0.05, 0) is 26.2 Å². The second-order valence-corrected chi connectivity index (χ2v) is 8.97. The van der Waals surface area contributed by atoms with Crippen LogP contribution in [0.15, 0.2) is 10.9 Å². The van der Waals surface area contributed by atoms with Gasteiger partial charge in [-0.15, -0.1) is 0 Å². The van der Waals surface area contributed by atoms with E-state index in [1.807, 2.05) is 14.0 Å². The number of pyridine rings is 1. The summed E-state index contributed by atoms with van der Waals surface area (Å²) < 4.78 is 20.1. The third-order valence-electron chi connectivity index (χ3n) is 6.43. The molecule has 4 rings (SSSR count). The number of carbonyl (C=O) groups is 1. The van der Waals surface area contributed by atoms with Gasteiger partial charge in [0, 0.05) is 63.6 Å². The summed E-state index contributed by atoms with van der Waals surface area (Å²) in [6.07, 6.45) is 3.51. The van der Waals surface area contributed by atoms with Crippen LogP contribution >= 0.6 is 11.6 Å². The second-order valence-electron chi connectivity index (χ2n) is 8.62. The molecule has 2 aliphatic rings. The Bertz CT molecular complexity index is 1070. The van der Waals surface area contributed by atoms with E-state index in [1.54, 1.807) is 9.25 Å². The van der Waals surface area contributed by atoms with Crippen molar-refractivity contribution >= 4 is 17.6 Å². The number of aromatic nitrogens is 3. The summed E-state index contributed by atoms with van der Waals surface area (Å²) in [5.74, 6) is -0.232. The third kappa shape index (κ3) is 5.10. The molecule has 1 saturated heterocycles. The molecule has 2 aliphatic heterocycles. The number of nitrogens with zero attached hydrogens (tertiary/aromatic N) is 4. The van der Waals surface area contributed by atoms with Crippen LogP contribution in [0.3, 0.4) is 0 Å². The lowest BCUT2D eigenvalue weighted by Crippen LogP contribution is -2.30. The Balaban J connectivity index is 1.58. The number of aryl methyl sites for hydroxylation is 2. The topological polar surface area (TPSA) is 87.8 Å². The SMILES string of the molecule is COC(=O)c1c(OCC2CCCCO2)cc(=O)n2c1CCN(Cc1c(C)nn(C)c1Cl)CC2. The Kier molecular flexibility index (Phi) is 7.41. The minimum atomic E-state index is -0.502. The number of methoxy groups -OCH3 is 1. The highest BCUT2D eigenvalue weighted by atomic mass is 35.5. The van der Waals surface area contributed by atoms with Crippen LogP contribution in [-0.4, -0.2) is 64.7 Å². The number of hydrogen-bond acceptors (Lipinski definition) is 7. The highest BCUT2D eigenvalue weighted by molar-refractivity contribution is 6.30. The van der Waals surface area contributed by atoms with Gasteiger partial charge in [0.15, 0.2) is 0 Å². The molecule has 180 valence electrons. The predicted molar refractivity (Wildman–Crippen MR) is 123 cm³/mol. The quantitative estimate of drug-likeness (QED) is 0.589. The van der Waals surface area contributed by atoms with Gasteiger partial charge in [-0.3, -0.25) is 14.4 Å². The molecule has 33 heavy (non-hydrogen) atoms. The molecule has 0 radical (unpaired) electrons. The second kappa shape index (κ2) is 10.3. The van der Waals surface area contributed by atoms with Crippen molar-refractivity contribution in [1.82, 2.24) is 19.2 Å². The van der Waals surface area contributed by atoms with Gasteiger partial charge < -0.3 is 18.8 Å². The van der Waals surface area contributed by atoms with Crippen molar-refractivity contribution in [1.29, 1.82) is 0 Å². The monoisotopic (exact) mass is 478 g/mol. The Morgan fingerprint density at radius 3 is 2.79 bits per heavy atom. The van der Waals surface area contributed by atoms with E-state index in [1.165, 1.54) is 13.2 Å². The van der Waals surface area contributed by atoms with E-state index in [0.717, 1.165) is 30.5 Å². The van der Waals surface area contributed by atoms with E-state index in [-0.39, 0.29) is 17.4 Å². The van der Waals surface area contributed by atoms with Crippen LogP contribution in [0.5, 0.6) is 5.75 Å². The molecule has 1 atom stereocenters. The third-order valence-corrected chi connectivity index (χ3v) is 6.90. The summed E-state index contributed by atoms with van der Waals surface area (Å²) in [7, 11) is 3.16. The highest BCUT2D eigenvalue weighted by Crippen LogP contribution is 2.26. The summed E-state index contributed by atoms with van der Waals surface area (Å²) in [4.78, 5) is 28.0. The highest BCUT2D eigenvalue weighted by Gasteiger charge is 2.27. The maximum Gasteiger partial charge on any atom is 0.343 e. The molecular weight excluding hydrogens is 448 g/mol. The molecule has 0 spiro atoms. The van der Waals surface area contributed by atoms with Crippen molar-refractivity contribution in [3.05, 3.63) is 44.1 Å². The van der Waals surface area contributed by atoms with Gasteiger partial charge in [0.05, 0.1) is 18.9 Å². The van der Waals surface area contributed by atoms with Crippen molar-refractivity contribution in [3.8, 4) is 5.75 Å². The summed E-state index contributed by atoms with van der Waals surface area (Å²) in [6, 6.07) is 1.40. The van der Waals surface area contributed by atoms with Crippen molar-refractivity contribution in [3.63, 3.8) is 0 Å². The molecule has 0 N–H and O–H groups in total. The number of carbonyl (C=O) groups excluding carboxylic acids is 1. The normalized spacial score (nSPS) is 19.1. The van der Waals surface area contributed by atoms with Crippen molar-refractivity contribution in [2.75, 3.05) is 33.4 Å². The van der Waals surface area contributed by atoms with Gasteiger partial charge in [-0.2, -0.15) is 5.10 Å². The molecule has 0 aliphatic carbocycles. The molecule has 10 heteroatoms. The van der Waals surface area contributed by atoms with Gasteiger partial charge in [-0.25, -0.2) is 4.79 Å². The molecule has 0 amide bonds. The van der Waals surface area contributed by atoms with Crippen LogP contribution in [0.2, 0.25) is 5.15 Å². The average Bonchev–Trinajstić information content (AvgIpc) is 2.96. The van der Waals surface area contributed by atoms with Crippen LogP contribution in [0, 0.1) is 6.92 Å². The Morgan fingerprint density at radius 1 is 1.30 bits per heavy atom. The zero-order chi connectivity index (χ0) is 23.5. The molecule has 4 heterocycles. The van der Waals surface area contributed by atoms with Crippen molar-refractivity contribution in [2.24, 2.45) is 7.05 Å². The summed E-state index contributed by atoms with van der Waals surface area (Å²) in [5, 5.41) is 5.00. The number of hydrogen-bond donors (Lipinski definition) is 0. The van der Waals surface area contributed by atoms with Gasteiger partial charge in [0.1, 0.15) is 23.1 Å². The Hall–Kier alpha value is -2.36. The molecule has 1 fully saturated rings. The van der Waals surface area contributed by atoms with E-state index in [0.29, 0.717) is 62.2 Å². The van der Waals surface area contributed by atoms with Crippen LogP contribution in [0.4, 0.5) is 0 Å². The van der Waals surface area contributed by atoms with Gasteiger partial charge in [-0.1, -0.05) is 11.6 Å².